The molecule has 4 atom stereocenters. The minimum absolute atomic E-state index is 0.0243. The minimum Gasteiger partial charge on any atom is -0.373 e. The number of nitrogens with zero attached hydrogens (tertiary/aromatic N) is 2. The Hall–Kier alpha value is -1.69. The second-order valence-corrected chi connectivity index (χ2v) is 6.90. The first-order chi connectivity index (χ1) is 11.6. The Morgan fingerprint density at radius 1 is 1.17 bits per heavy atom. The maximum absolute atomic E-state index is 12.9. The highest BCUT2D eigenvalue weighted by Crippen LogP contribution is 2.48. The van der Waals surface area contributed by atoms with Gasteiger partial charge in [0.1, 0.15) is 0 Å². The van der Waals surface area contributed by atoms with Crippen LogP contribution in [-0.2, 0) is 9.53 Å². The number of benzene rings is 1. The molecule has 2 aliphatic rings. The number of amides is 1. The van der Waals surface area contributed by atoms with Crippen LogP contribution in [0.2, 0.25) is 10.0 Å². The van der Waals surface area contributed by atoms with Crippen LogP contribution in [0.1, 0.15) is 24.5 Å². The first-order valence-electron chi connectivity index (χ1n) is 7.81. The molecule has 2 fully saturated rings. The lowest BCUT2D eigenvalue weighted by atomic mass is 9.77. The molecular weight excluding hydrogens is 349 g/mol. The maximum Gasteiger partial charge on any atom is 0.230 e. The third-order valence-corrected chi connectivity index (χ3v) is 5.43. The van der Waals surface area contributed by atoms with Crippen LogP contribution in [0, 0.1) is 5.92 Å². The molecule has 0 radical (unpaired) electrons. The van der Waals surface area contributed by atoms with E-state index in [1.807, 2.05) is 0 Å². The number of rotatable bonds is 3. The Morgan fingerprint density at radius 2 is 2.00 bits per heavy atom. The molecular formula is C17H15Cl2N3O2. The van der Waals surface area contributed by atoms with Gasteiger partial charge in [0.15, 0.2) is 0 Å². The first kappa shape index (κ1) is 15.8. The van der Waals surface area contributed by atoms with Crippen molar-refractivity contribution in [3.63, 3.8) is 0 Å². The smallest absolute Gasteiger partial charge is 0.230 e. The molecule has 1 amide bonds. The summed E-state index contributed by atoms with van der Waals surface area (Å²) in [6.07, 6.45) is 6.77. The summed E-state index contributed by atoms with van der Waals surface area (Å²) in [5, 5.41) is 3.79. The van der Waals surface area contributed by atoms with Crippen LogP contribution < -0.4 is 5.32 Å². The van der Waals surface area contributed by atoms with Gasteiger partial charge in [-0.3, -0.25) is 14.8 Å². The van der Waals surface area contributed by atoms with Gasteiger partial charge < -0.3 is 10.1 Å². The number of anilines is 1. The van der Waals surface area contributed by atoms with E-state index in [2.05, 4.69) is 15.3 Å². The molecule has 124 valence electrons. The summed E-state index contributed by atoms with van der Waals surface area (Å²) >= 11 is 11.9. The van der Waals surface area contributed by atoms with Gasteiger partial charge in [0.05, 0.1) is 33.9 Å². The molecule has 1 N–H and O–H groups in total. The summed E-state index contributed by atoms with van der Waals surface area (Å²) in [5.74, 6) is -0.439. The topological polar surface area (TPSA) is 64.1 Å². The van der Waals surface area contributed by atoms with E-state index in [1.54, 1.807) is 36.8 Å². The molecule has 2 aromatic rings. The highest BCUT2D eigenvalue weighted by molar-refractivity contribution is 6.42. The molecule has 2 aliphatic heterocycles. The molecule has 1 aromatic heterocycles. The van der Waals surface area contributed by atoms with Crippen LogP contribution >= 0.6 is 23.2 Å². The standard InChI is InChI=1S/C17H15Cl2N3O2/c18-10-2-1-9(7-11(10)19)22-17(23)16-14-4-3-13(24-14)15(16)12-8-20-5-6-21-12/h1-2,5-8,13-16H,3-4H2,(H,22,23)/t13-,14-,15+,16-/m0/s1. The van der Waals surface area contributed by atoms with Crippen LogP contribution in [0.25, 0.3) is 0 Å². The largest absolute Gasteiger partial charge is 0.373 e. The summed E-state index contributed by atoms with van der Waals surface area (Å²) in [6.45, 7) is 0. The Kier molecular flexibility index (Phi) is 4.16. The Bertz CT molecular complexity index is 772. The van der Waals surface area contributed by atoms with Crippen molar-refractivity contribution in [2.45, 2.75) is 31.0 Å². The van der Waals surface area contributed by atoms with Gasteiger partial charge in [-0.1, -0.05) is 23.2 Å². The molecule has 1 aromatic carbocycles. The SMILES string of the molecule is O=C(Nc1ccc(Cl)c(Cl)c1)[C@@H]1[C@H](c2cnccn2)[C@@H]2CC[C@@H]1O2. The van der Waals surface area contributed by atoms with E-state index in [4.69, 9.17) is 27.9 Å². The number of fused-ring (bicyclic) bond motifs is 2. The number of nitrogens with one attached hydrogen (secondary N) is 1. The average molecular weight is 364 g/mol. The fourth-order valence-electron chi connectivity index (χ4n) is 3.67. The zero-order valence-corrected chi connectivity index (χ0v) is 14.2. The molecule has 24 heavy (non-hydrogen) atoms. The van der Waals surface area contributed by atoms with E-state index in [9.17, 15) is 4.79 Å². The summed E-state index contributed by atoms with van der Waals surface area (Å²) < 4.78 is 5.98. The van der Waals surface area contributed by atoms with Crippen molar-refractivity contribution >= 4 is 34.8 Å². The van der Waals surface area contributed by atoms with Crippen molar-refractivity contribution in [2.24, 2.45) is 5.92 Å². The van der Waals surface area contributed by atoms with E-state index < -0.39 is 0 Å². The number of halogens is 2. The molecule has 3 heterocycles. The molecule has 4 rings (SSSR count). The van der Waals surface area contributed by atoms with E-state index in [0.29, 0.717) is 15.7 Å². The number of hydrogen-bond acceptors (Lipinski definition) is 4. The summed E-state index contributed by atoms with van der Waals surface area (Å²) in [7, 11) is 0. The third-order valence-electron chi connectivity index (χ3n) is 4.69. The molecule has 0 spiro atoms. The number of carbonyl (C=O) groups excluding carboxylic acids is 1. The van der Waals surface area contributed by atoms with Gasteiger partial charge in [-0.25, -0.2) is 0 Å². The van der Waals surface area contributed by atoms with Gasteiger partial charge in [0.2, 0.25) is 5.91 Å². The third kappa shape index (κ3) is 2.77. The molecule has 0 aliphatic carbocycles. The number of ether oxygens (including phenoxy) is 1. The first-order valence-corrected chi connectivity index (χ1v) is 8.56. The zero-order valence-electron chi connectivity index (χ0n) is 12.7. The van der Waals surface area contributed by atoms with E-state index in [0.717, 1.165) is 18.5 Å². The summed E-state index contributed by atoms with van der Waals surface area (Å²) in [4.78, 5) is 21.4. The van der Waals surface area contributed by atoms with Gasteiger partial charge in [-0.15, -0.1) is 0 Å². The van der Waals surface area contributed by atoms with E-state index in [-0.39, 0.29) is 30.0 Å². The number of aromatic nitrogens is 2. The Labute approximate surface area is 149 Å². The van der Waals surface area contributed by atoms with Crippen molar-refractivity contribution in [3.8, 4) is 0 Å². The monoisotopic (exact) mass is 363 g/mol. The Morgan fingerprint density at radius 3 is 2.75 bits per heavy atom. The average Bonchev–Trinajstić information content (AvgIpc) is 3.20. The lowest BCUT2D eigenvalue weighted by Crippen LogP contribution is -2.36. The molecule has 7 heteroatoms. The van der Waals surface area contributed by atoms with Crippen molar-refractivity contribution in [3.05, 3.63) is 52.5 Å². The summed E-state index contributed by atoms with van der Waals surface area (Å²) in [6, 6.07) is 5.04. The normalized spacial score (nSPS) is 28.1. The maximum atomic E-state index is 12.9. The van der Waals surface area contributed by atoms with Crippen LogP contribution in [0.15, 0.2) is 36.8 Å². The zero-order chi connectivity index (χ0) is 16.7. The fraction of sp³-hybridized carbons (Fsp3) is 0.353. The fourth-order valence-corrected chi connectivity index (χ4v) is 3.97. The predicted molar refractivity (Wildman–Crippen MR) is 91.2 cm³/mol. The van der Waals surface area contributed by atoms with E-state index in [1.165, 1.54) is 0 Å². The van der Waals surface area contributed by atoms with Gasteiger partial charge in [-0.05, 0) is 31.0 Å². The molecule has 5 nitrogen and oxygen atoms in total. The lowest BCUT2D eigenvalue weighted by molar-refractivity contribution is -0.121. The molecule has 0 unspecified atom stereocenters. The summed E-state index contributed by atoms with van der Waals surface area (Å²) in [5.41, 5.74) is 1.43. The second kappa shape index (κ2) is 6.31. The quantitative estimate of drug-likeness (QED) is 0.903. The van der Waals surface area contributed by atoms with Crippen molar-refractivity contribution in [1.29, 1.82) is 0 Å². The van der Waals surface area contributed by atoms with Crippen LogP contribution in [0.5, 0.6) is 0 Å². The minimum atomic E-state index is -0.282. The number of carbonyl (C=O) groups is 1. The van der Waals surface area contributed by atoms with Crippen molar-refractivity contribution < 1.29 is 9.53 Å². The Balaban J connectivity index is 1.59. The van der Waals surface area contributed by atoms with Crippen molar-refractivity contribution in [2.75, 3.05) is 5.32 Å². The second-order valence-electron chi connectivity index (χ2n) is 6.09. The lowest BCUT2D eigenvalue weighted by Gasteiger charge is -2.26. The van der Waals surface area contributed by atoms with E-state index >= 15 is 0 Å². The van der Waals surface area contributed by atoms with Gasteiger partial charge in [-0.2, -0.15) is 0 Å². The van der Waals surface area contributed by atoms with Crippen LogP contribution in [-0.4, -0.2) is 28.1 Å². The van der Waals surface area contributed by atoms with Crippen molar-refractivity contribution in [1.82, 2.24) is 9.97 Å². The predicted octanol–water partition coefficient (Wildman–Crippen LogP) is 3.68. The van der Waals surface area contributed by atoms with Gasteiger partial charge >= 0.3 is 0 Å². The molecule has 2 bridgehead atoms. The highest BCUT2D eigenvalue weighted by Gasteiger charge is 2.53. The van der Waals surface area contributed by atoms with Gasteiger partial charge in [0.25, 0.3) is 0 Å². The van der Waals surface area contributed by atoms with Crippen LogP contribution in [0.3, 0.4) is 0 Å². The number of hydrogen-bond donors (Lipinski definition) is 1. The molecule has 0 saturated carbocycles. The highest BCUT2D eigenvalue weighted by atomic mass is 35.5. The van der Waals surface area contributed by atoms with Gasteiger partial charge in [0, 0.05) is 30.2 Å². The molecule has 2 saturated heterocycles. The van der Waals surface area contributed by atoms with Crippen LogP contribution in [0.4, 0.5) is 5.69 Å².